The average Bonchev–Trinajstić information content (AvgIpc) is 2.79. The van der Waals surface area contributed by atoms with Crippen LogP contribution in [0.15, 0.2) is 53.5 Å². The number of hydrogen-bond acceptors (Lipinski definition) is 4. The van der Waals surface area contributed by atoms with Gasteiger partial charge >= 0.3 is 0 Å². The van der Waals surface area contributed by atoms with Crippen LogP contribution >= 0.6 is 0 Å². The molecule has 1 aliphatic heterocycles. The molecule has 0 bridgehead atoms. The van der Waals surface area contributed by atoms with E-state index >= 15 is 0 Å². The lowest BCUT2D eigenvalue weighted by atomic mass is 10.0. The largest absolute Gasteiger partial charge is 0.496 e. The maximum atomic E-state index is 5.56. The molecule has 0 spiro atoms. The summed E-state index contributed by atoms with van der Waals surface area (Å²) in [6, 6.07) is 17.2. The van der Waals surface area contributed by atoms with Gasteiger partial charge in [0.25, 0.3) is 0 Å². The summed E-state index contributed by atoms with van der Waals surface area (Å²) in [5.41, 5.74) is 3.57. The van der Waals surface area contributed by atoms with Crippen molar-refractivity contribution in [3.05, 3.63) is 65.2 Å². The van der Waals surface area contributed by atoms with Gasteiger partial charge in [-0.2, -0.15) is 0 Å². The van der Waals surface area contributed by atoms with Gasteiger partial charge in [-0.3, -0.25) is 4.90 Å². The van der Waals surface area contributed by atoms with Crippen molar-refractivity contribution in [3.8, 4) is 5.75 Å². The van der Waals surface area contributed by atoms with Crippen molar-refractivity contribution in [2.75, 3.05) is 46.5 Å². The molecule has 0 radical (unpaired) electrons. The summed E-state index contributed by atoms with van der Waals surface area (Å²) in [6.45, 7) is 9.74. The van der Waals surface area contributed by atoms with Gasteiger partial charge in [-0.25, -0.2) is 4.99 Å². The van der Waals surface area contributed by atoms with E-state index in [1.165, 1.54) is 11.1 Å². The van der Waals surface area contributed by atoms with E-state index in [4.69, 9.17) is 14.5 Å². The third-order valence-electron chi connectivity index (χ3n) is 5.33. The van der Waals surface area contributed by atoms with Gasteiger partial charge in [-0.1, -0.05) is 42.5 Å². The summed E-state index contributed by atoms with van der Waals surface area (Å²) in [7, 11) is 1.71. The Morgan fingerprint density at radius 2 is 1.90 bits per heavy atom. The van der Waals surface area contributed by atoms with E-state index in [1.54, 1.807) is 7.11 Å². The van der Waals surface area contributed by atoms with Crippen molar-refractivity contribution in [1.29, 1.82) is 0 Å². The molecule has 0 amide bonds. The SMILES string of the molecule is CCNC(=NCc1ccc(C)cc1OC)NCC(c1ccccc1)N1CCOCC1. The second kappa shape index (κ2) is 11.6. The monoisotopic (exact) mass is 410 g/mol. The molecule has 6 nitrogen and oxygen atoms in total. The standard InChI is InChI=1S/C24H34N4O2/c1-4-25-24(26-17-21-11-10-19(2)16-23(21)29-3)27-18-22(20-8-6-5-7-9-20)28-12-14-30-15-13-28/h5-11,16,22H,4,12-15,17-18H2,1-3H3,(H2,25,26,27). The van der Waals surface area contributed by atoms with E-state index in [1.807, 2.05) is 0 Å². The normalized spacial score (nSPS) is 16.2. The number of morpholine rings is 1. The fourth-order valence-corrected chi connectivity index (χ4v) is 3.70. The van der Waals surface area contributed by atoms with E-state index in [0.717, 1.165) is 56.7 Å². The lowest BCUT2D eigenvalue weighted by molar-refractivity contribution is 0.0170. The molecule has 1 unspecified atom stereocenters. The minimum atomic E-state index is 0.271. The molecule has 1 fully saturated rings. The molecule has 30 heavy (non-hydrogen) atoms. The van der Waals surface area contributed by atoms with Crippen LogP contribution in [0.25, 0.3) is 0 Å². The molecule has 0 aliphatic carbocycles. The molecule has 2 aromatic carbocycles. The summed E-state index contributed by atoms with van der Waals surface area (Å²) < 4.78 is 11.1. The molecule has 6 heteroatoms. The fraction of sp³-hybridized carbons (Fsp3) is 0.458. The van der Waals surface area contributed by atoms with Gasteiger partial charge in [0.2, 0.25) is 0 Å². The quantitative estimate of drug-likeness (QED) is 0.517. The van der Waals surface area contributed by atoms with Gasteiger partial charge in [0.05, 0.1) is 32.9 Å². The predicted octanol–water partition coefficient (Wildman–Crippen LogP) is 3.13. The number of benzene rings is 2. The average molecular weight is 411 g/mol. The molecular weight excluding hydrogens is 376 g/mol. The predicted molar refractivity (Wildman–Crippen MR) is 122 cm³/mol. The zero-order valence-electron chi connectivity index (χ0n) is 18.4. The topological polar surface area (TPSA) is 58.1 Å². The minimum Gasteiger partial charge on any atom is -0.496 e. The third kappa shape index (κ3) is 6.21. The van der Waals surface area contributed by atoms with Gasteiger partial charge in [0.1, 0.15) is 5.75 Å². The van der Waals surface area contributed by atoms with E-state index in [9.17, 15) is 0 Å². The van der Waals surface area contributed by atoms with Crippen LogP contribution in [0.3, 0.4) is 0 Å². The molecule has 1 aliphatic rings. The first-order valence-corrected chi connectivity index (χ1v) is 10.7. The Hall–Kier alpha value is -2.57. The van der Waals surface area contributed by atoms with Crippen LogP contribution in [0, 0.1) is 6.92 Å². The van der Waals surface area contributed by atoms with Crippen LogP contribution < -0.4 is 15.4 Å². The number of nitrogens with zero attached hydrogens (tertiary/aromatic N) is 2. The van der Waals surface area contributed by atoms with Crippen LogP contribution in [0.4, 0.5) is 0 Å². The summed E-state index contributed by atoms with van der Waals surface area (Å²) >= 11 is 0. The Morgan fingerprint density at radius 3 is 2.60 bits per heavy atom. The maximum Gasteiger partial charge on any atom is 0.191 e. The molecule has 1 heterocycles. The van der Waals surface area contributed by atoms with E-state index in [-0.39, 0.29) is 6.04 Å². The molecule has 2 N–H and O–H groups in total. The first kappa shape index (κ1) is 22.1. The Bertz CT molecular complexity index is 804. The number of nitrogens with one attached hydrogen (secondary N) is 2. The summed E-state index contributed by atoms with van der Waals surface area (Å²) in [6.07, 6.45) is 0. The molecule has 0 aromatic heterocycles. The van der Waals surface area contributed by atoms with Crippen molar-refractivity contribution < 1.29 is 9.47 Å². The first-order chi connectivity index (χ1) is 14.7. The zero-order valence-corrected chi connectivity index (χ0v) is 18.4. The van der Waals surface area contributed by atoms with E-state index < -0.39 is 0 Å². The van der Waals surface area contributed by atoms with Crippen LogP contribution in [0.1, 0.15) is 29.7 Å². The van der Waals surface area contributed by atoms with Crippen molar-refractivity contribution in [3.63, 3.8) is 0 Å². The summed E-state index contributed by atoms with van der Waals surface area (Å²) in [5.74, 6) is 1.69. The Labute approximate surface area is 180 Å². The Kier molecular flexibility index (Phi) is 8.53. The number of methoxy groups -OCH3 is 1. The molecule has 1 saturated heterocycles. The lowest BCUT2D eigenvalue weighted by Crippen LogP contribution is -2.46. The lowest BCUT2D eigenvalue weighted by Gasteiger charge is -2.35. The zero-order chi connectivity index (χ0) is 21.2. The van der Waals surface area contributed by atoms with Crippen LogP contribution in [-0.2, 0) is 11.3 Å². The number of hydrogen-bond donors (Lipinski definition) is 2. The molecule has 0 saturated carbocycles. The van der Waals surface area contributed by atoms with Crippen LogP contribution in [0.5, 0.6) is 5.75 Å². The van der Waals surface area contributed by atoms with Crippen LogP contribution in [0.2, 0.25) is 0 Å². The number of rotatable bonds is 8. The van der Waals surface area contributed by atoms with Gasteiger partial charge in [-0.15, -0.1) is 0 Å². The number of aliphatic imine (C=N–C) groups is 1. The smallest absolute Gasteiger partial charge is 0.191 e. The molecular formula is C24H34N4O2. The van der Waals surface area contributed by atoms with Gasteiger partial charge in [0, 0.05) is 31.7 Å². The van der Waals surface area contributed by atoms with Gasteiger partial charge in [0.15, 0.2) is 5.96 Å². The highest BCUT2D eigenvalue weighted by molar-refractivity contribution is 5.79. The Morgan fingerprint density at radius 1 is 1.13 bits per heavy atom. The molecule has 162 valence electrons. The highest BCUT2D eigenvalue weighted by Crippen LogP contribution is 2.22. The van der Waals surface area contributed by atoms with E-state index in [0.29, 0.717) is 6.54 Å². The second-order valence-corrected chi connectivity index (χ2v) is 7.47. The molecule has 3 rings (SSSR count). The third-order valence-corrected chi connectivity index (χ3v) is 5.33. The van der Waals surface area contributed by atoms with Crippen molar-refractivity contribution in [2.24, 2.45) is 4.99 Å². The van der Waals surface area contributed by atoms with Crippen molar-refractivity contribution in [2.45, 2.75) is 26.4 Å². The van der Waals surface area contributed by atoms with Gasteiger partial charge < -0.3 is 20.1 Å². The van der Waals surface area contributed by atoms with Crippen molar-refractivity contribution >= 4 is 5.96 Å². The second-order valence-electron chi connectivity index (χ2n) is 7.47. The summed E-state index contributed by atoms with van der Waals surface area (Å²) in [5, 5.41) is 6.92. The van der Waals surface area contributed by atoms with Crippen LogP contribution in [-0.4, -0.2) is 57.4 Å². The molecule has 1 atom stereocenters. The number of guanidine groups is 1. The highest BCUT2D eigenvalue weighted by Gasteiger charge is 2.22. The maximum absolute atomic E-state index is 5.56. The van der Waals surface area contributed by atoms with Gasteiger partial charge in [-0.05, 0) is 31.0 Å². The van der Waals surface area contributed by atoms with Crippen molar-refractivity contribution in [1.82, 2.24) is 15.5 Å². The molecule has 2 aromatic rings. The summed E-state index contributed by atoms with van der Waals surface area (Å²) in [4.78, 5) is 7.29. The fourth-order valence-electron chi connectivity index (χ4n) is 3.70. The number of aryl methyl sites for hydroxylation is 1. The first-order valence-electron chi connectivity index (χ1n) is 10.7. The highest BCUT2D eigenvalue weighted by atomic mass is 16.5. The minimum absolute atomic E-state index is 0.271. The Balaban J connectivity index is 1.71. The number of ether oxygens (including phenoxy) is 2. The van der Waals surface area contributed by atoms with E-state index in [2.05, 4.69) is 77.9 Å².